The zero-order valence-electron chi connectivity index (χ0n) is 11.8. The first-order chi connectivity index (χ1) is 10.6. The maximum absolute atomic E-state index is 11.6. The third-order valence-corrected chi connectivity index (χ3v) is 3.34. The summed E-state index contributed by atoms with van der Waals surface area (Å²) in [5.41, 5.74) is 7.09. The van der Waals surface area contributed by atoms with Crippen LogP contribution in [0.2, 0.25) is 0 Å². The Labute approximate surface area is 124 Å². The molecule has 0 saturated heterocycles. The summed E-state index contributed by atoms with van der Waals surface area (Å²) in [5.74, 6) is 0. The minimum atomic E-state index is -0.594. The molecule has 3 aromatic rings. The number of azo groups is 1. The molecule has 1 aromatic heterocycles. The fraction of sp³-hybridized carbons (Fsp3) is 0.0667. The molecule has 22 heavy (non-hydrogen) atoms. The van der Waals surface area contributed by atoms with E-state index in [1.165, 1.54) is 6.20 Å². The van der Waals surface area contributed by atoms with Gasteiger partial charge in [-0.25, -0.2) is 4.79 Å². The van der Waals surface area contributed by atoms with Crippen molar-refractivity contribution in [3.8, 4) is 0 Å². The number of nitrogens with one attached hydrogen (secondary N) is 2. The SMILES string of the molecule is Cc1cc(N=Nc2c[nH]c(=O)[nH]c2=O)c2ccccc2c1N. The number of nitrogen functional groups attached to an aromatic ring is 1. The summed E-state index contributed by atoms with van der Waals surface area (Å²) >= 11 is 0. The molecule has 0 aliphatic carbocycles. The van der Waals surface area contributed by atoms with Gasteiger partial charge in [-0.15, -0.1) is 10.2 Å². The molecule has 0 fully saturated rings. The van der Waals surface area contributed by atoms with E-state index < -0.39 is 11.2 Å². The molecular formula is C15H13N5O2. The number of nitrogens with zero attached hydrogens (tertiary/aromatic N) is 2. The highest BCUT2D eigenvalue weighted by atomic mass is 16.2. The van der Waals surface area contributed by atoms with Gasteiger partial charge in [-0.2, -0.15) is 0 Å². The average Bonchev–Trinajstić information content (AvgIpc) is 2.51. The Morgan fingerprint density at radius 2 is 1.73 bits per heavy atom. The van der Waals surface area contributed by atoms with E-state index in [-0.39, 0.29) is 5.69 Å². The second kappa shape index (κ2) is 5.28. The molecule has 0 saturated carbocycles. The lowest BCUT2D eigenvalue weighted by Gasteiger charge is -2.07. The van der Waals surface area contributed by atoms with Crippen molar-refractivity contribution in [2.75, 3.05) is 5.73 Å². The molecular weight excluding hydrogens is 282 g/mol. The van der Waals surface area contributed by atoms with E-state index in [1.807, 2.05) is 31.2 Å². The molecule has 7 heteroatoms. The van der Waals surface area contributed by atoms with Gasteiger partial charge in [-0.3, -0.25) is 9.78 Å². The zero-order valence-corrected chi connectivity index (χ0v) is 11.8. The van der Waals surface area contributed by atoms with Crippen LogP contribution in [0.25, 0.3) is 10.8 Å². The Kier molecular flexibility index (Phi) is 3.30. The number of hydrogen-bond acceptors (Lipinski definition) is 5. The monoisotopic (exact) mass is 295 g/mol. The van der Waals surface area contributed by atoms with E-state index in [4.69, 9.17) is 5.73 Å². The van der Waals surface area contributed by atoms with Crippen molar-refractivity contribution in [3.63, 3.8) is 0 Å². The predicted molar refractivity (Wildman–Crippen MR) is 85.0 cm³/mol. The molecule has 110 valence electrons. The first-order valence-corrected chi connectivity index (χ1v) is 6.58. The van der Waals surface area contributed by atoms with Crippen molar-refractivity contribution in [2.45, 2.75) is 6.92 Å². The summed E-state index contributed by atoms with van der Waals surface area (Å²) in [6, 6.07) is 9.37. The molecule has 4 N–H and O–H groups in total. The Balaban J connectivity index is 2.15. The third kappa shape index (κ3) is 2.39. The van der Waals surface area contributed by atoms with Gasteiger partial charge in [0.25, 0.3) is 5.56 Å². The van der Waals surface area contributed by atoms with E-state index in [9.17, 15) is 9.59 Å². The molecule has 0 unspecified atom stereocenters. The molecule has 7 nitrogen and oxygen atoms in total. The second-order valence-electron chi connectivity index (χ2n) is 4.83. The lowest BCUT2D eigenvalue weighted by atomic mass is 10.0. The highest BCUT2D eigenvalue weighted by Gasteiger charge is 2.07. The van der Waals surface area contributed by atoms with Crippen LogP contribution in [0.15, 0.2) is 56.3 Å². The zero-order chi connectivity index (χ0) is 15.7. The van der Waals surface area contributed by atoms with E-state index >= 15 is 0 Å². The highest BCUT2D eigenvalue weighted by molar-refractivity contribution is 6.01. The number of anilines is 1. The van der Waals surface area contributed by atoms with Gasteiger partial charge < -0.3 is 10.7 Å². The number of aromatic nitrogens is 2. The lowest BCUT2D eigenvalue weighted by molar-refractivity contribution is 1.02. The van der Waals surface area contributed by atoms with Crippen LogP contribution in [0.3, 0.4) is 0 Å². The number of fused-ring (bicyclic) bond motifs is 1. The van der Waals surface area contributed by atoms with Crippen LogP contribution in [-0.2, 0) is 0 Å². The van der Waals surface area contributed by atoms with Crippen LogP contribution in [0.4, 0.5) is 17.1 Å². The Morgan fingerprint density at radius 3 is 2.45 bits per heavy atom. The van der Waals surface area contributed by atoms with Crippen LogP contribution < -0.4 is 17.0 Å². The minimum Gasteiger partial charge on any atom is -0.398 e. The topological polar surface area (TPSA) is 116 Å². The molecule has 0 amide bonds. The Hall–Kier alpha value is -3.22. The summed E-state index contributed by atoms with van der Waals surface area (Å²) in [4.78, 5) is 27.0. The van der Waals surface area contributed by atoms with Crippen LogP contribution in [0.1, 0.15) is 5.56 Å². The van der Waals surface area contributed by atoms with Gasteiger partial charge >= 0.3 is 5.69 Å². The minimum absolute atomic E-state index is 0.0261. The summed E-state index contributed by atoms with van der Waals surface area (Å²) in [5, 5.41) is 9.76. The maximum atomic E-state index is 11.6. The van der Waals surface area contributed by atoms with Gasteiger partial charge in [0.1, 0.15) is 0 Å². The lowest BCUT2D eigenvalue weighted by Crippen LogP contribution is -2.20. The second-order valence-corrected chi connectivity index (χ2v) is 4.83. The fourth-order valence-corrected chi connectivity index (χ4v) is 2.18. The van der Waals surface area contributed by atoms with Crippen molar-refractivity contribution >= 4 is 27.8 Å². The Morgan fingerprint density at radius 1 is 1.05 bits per heavy atom. The molecule has 0 atom stereocenters. The number of benzene rings is 2. The number of aromatic amines is 2. The maximum Gasteiger partial charge on any atom is 0.325 e. The van der Waals surface area contributed by atoms with E-state index in [1.54, 1.807) is 6.07 Å². The summed E-state index contributed by atoms with van der Waals surface area (Å²) in [7, 11) is 0. The van der Waals surface area contributed by atoms with Crippen molar-refractivity contribution in [2.24, 2.45) is 10.2 Å². The van der Waals surface area contributed by atoms with E-state index in [2.05, 4.69) is 20.2 Å². The van der Waals surface area contributed by atoms with Gasteiger partial charge in [0, 0.05) is 22.7 Å². The van der Waals surface area contributed by atoms with Crippen LogP contribution >= 0.6 is 0 Å². The number of aryl methyl sites for hydroxylation is 1. The summed E-state index contributed by atoms with van der Waals surface area (Å²) < 4.78 is 0. The van der Waals surface area contributed by atoms with Crippen LogP contribution in [0.5, 0.6) is 0 Å². The first kappa shape index (κ1) is 13.7. The van der Waals surface area contributed by atoms with Gasteiger partial charge in [-0.05, 0) is 18.6 Å². The van der Waals surface area contributed by atoms with Gasteiger partial charge in [-0.1, -0.05) is 24.3 Å². The van der Waals surface area contributed by atoms with Crippen molar-refractivity contribution in [1.29, 1.82) is 0 Å². The molecule has 3 rings (SSSR count). The molecule has 0 aliphatic heterocycles. The summed E-state index contributed by atoms with van der Waals surface area (Å²) in [6.45, 7) is 1.88. The first-order valence-electron chi connectivity index (χ1n) is 6.58. The average molecular weight is 295 g/mol. The molecule has 0 bridgehead atoms. The van der Waals surface area contributed by atoms with Crippen molar-refractivity contribution in [1.82, 2.24) is 9.97 Å². The number of hydrogen-bond donors (Lipinski definition) is 3. The highest BCUT2D eigenvalue weighted by Crippen LogP contribution is 2.33. The molecule has 0 radical (unpaired) electrons. The van der Waals surface area contributed by atoms with Crippen LogP contribution in [-0.4, -0.2) is 9.97 Å². The largest absolute Gasteiger partial charge is 0.398 e. The van der Waals surface area contributed by atoms with Gasteiger partial charge in [0.05, 0.1) is 5.69 Å². The van der Waals surface area contributed by atoms with Gasteiger partial charge in [0.2, 0.25) is 0 Å². The summed E-state index contributed by atoms with van der Waals surface area (Å²) in [6.07, 6.45) is 1.22. The van der Waals surface area contributed by atoms with Gasteiger partial charge in [0.15, 0.2) is 5.69 Å². The quantitative estimate of drug-likeness (QED) is 0.498. The molecule has 0 aliphatic rings. The van der Waals surface area contributed by atoms with Crippen LogP contribution in [0, 0.1) is 6.92 Å². The number of nitrogens with two attached hydrogens (primary N) is 1. The normalized spacial score (nSPS) is 11.3. The van der Waals surface area contributed by atoms with E-state index in [0.29, 0.717) is 11.4 Å². The predicted octanol–water partition coefficient (Wildman–Crippen LogP) is 2.52. The van der Waals surface area contributed by atoms with E-state index in [0.717, 1.165) is 16.3 Å². The molecule has 1 heterocycles. The fourth-order valence-electron chi connectivity index (χ4n) is 2.18. The number of H-pyrrole nitrogens is 2. The standard InChI is InChI=1S/C15H13N5O2/c1-8-6-11(9-4-2-3-5-10(9)13(8)16)19-20-12-7-17-15(22)18-14(12)21/h2-7H,16H2,1H3,(H2,17,18,21,22). The smallest absolute Gasteiger partial charge is 0.325 e. The van der Waals surface area contributed by atoms with Crippen molar-refractivity contribution in [3.05, 3.63) is 62.9 Å². The third-order valence-electron chi connectivity index (χ3n) is 3.34. The number of rotatable bonds is 2. The Bertz CT molecular complexity index is 1000. The molecule has 0 spiro atoms. The molecule has 2 aromatic carbocycles. The van der Waals surface area contributed by atoms with Crippen molar-refractivity contribution < 1.29 is 0 Å².